The minimum Gasteiger partial charge on any atom is -0.495 e. The van der Waals surface area contributed by atoms with Gasteiger partial charge < -0.3 is 4.74 Å². The van der Waals surface area contributed by atoms with Crippen LogP contribution in [0.25, 0.3) is 11.3 Å². The maximum atomic E-state index is 12.6. The smallest absolute Gasteiger partial charge is 0.240 e. The summed E-state index contributed by atoms with van der Waals surface area (Å²) in [6, 6.07) is 8.32. The van der Waals surface area contributed by atoms with E-state index in [9.17, 15) is 8.42 Å². The second-order valence-electron chi connectivity index (χ2n) is 7.13. The number of fused-ring (bicyclic) bond motifs is 1. The summed E-state index contributed by atoms with van der Waals surface area (Å²) in [6.45, 7) is 0.687. The molecular formula is C21H23ClN4O3S. The van der Waals surface area contributed by atoms with Crippen LogP contribution in [0.1, 0.15) is 24.1 Å². The third-order valence-corrected chi connectivity index (χ3v) is 7.01. The molecular weight excluding hydrogens is 424 g/mol. The average Bonchev–Trinajstić information content (AvgIpc) is 3.13. The number of halogens is 1. The third-order valence-electron chi connectivity index (χ3n) is 5.26. The molecule has 0 unspecified atom stereocenters. The highest BCUT2D eigenvalue weighted by Crippen LogP contribution is 2.31. The van der Waals surface area contributed by atoms with Crippen LogP contribution in [0, 0.1) is 0 Å². The number of rotatable bonds is 7. The Balaban J connectivity index is 1.51. The van der Waals surface area contributed by atoms with Crippen molar-refractivity contribution in [3.8, 4) is 17.0 Å². The van der Waals surface area contributed by atoms with Crippen LogP contribution in [-0.2, 0) is 29.4 Å². The molecule has 1 aliphatic rings. The molecule has 0 fully saturated rings. The largest absolute Gasteiger partial charge is 0.495 e. The van der Waals surface area contributed by atoms with Gasteiger partial charge in [0.25, 0.3) is 0 Å². The van der Waals surface area contributed by atoms with Gasteiger partial charge in [0.1, 0.15) is 5.75 Å². The first-order valence-electron chi connectivity index (χ1n) is 9.82. The van der Waals surface area contributed by atoms with Crippen molar-refractivity contribution in [1.82, 2.24) is 19.5 Å². The predicted molar refractivity (Wildman–Crippen MR) is 115 cm³/mol. The number of nitrogens with one attached hydrogen (secondary N) is 1. The zero-order valence-electron chi connectivity index (χ0n) is 16.6. The van der Waals surface area contributed by atoms with E-state index >= 15 is 0 Å². The second-order valence-corrected chi connectivity index (χ2v) is 9.31. The number of benzene rings is 1. The highest BCUT2D eigenvalue weighted by atomic mass is 35.5. The molecule has 3 aromatic rings. The van der Waals surface area contributed by atoms with E-state index in [0.29, 0.717) is 12.3 Å². The highest BCUT2D eigenvalue weighted by Gasteiger charge is 2.22. The van der Waals surface area contributed by atoms with Crippen molar-refractivity contribution in [1.29, 1.82) is 0 Å². The minimum absolute atomic E-state index is 0.105. The molecule has 0 aliphatic heterocycles. The van der Waals surface area contributed by atoms with Crippen molar-refractivity contribution in [2.45, 2.75) is 37.1 Å². The Bertz CT molecular complexity index is 1150. The van der Waals surface area contributed by atoms with Gasteiger partial charge in [0.15, 0.2) is 0 Å². The molecule has 9 heteroatoms. The van der Waals surface area contributed by atoms with E-state index in [1.165, 1.54) is 30.5 Å². The quantitative estimate of drug-likeness (QED) is 0.600. The fourth-order valence-electron chi connectivity index (χ4n) is 3.78. The average molecular weight is 447 g/mol. The molecule has 0 bridgehead atoms. The standard InChI is InChI=1S/C21H23ClN4O3S/c1-29-20-7-6-16(14-18(20)22)30(27,28)24-12-13-26-19-5-3-2-4-17(19)21(25-26)15-8-10-23-11-9-15/h6-11,14,24H,2-5,12-13H2,1H3. The number of pyridine rings is 1. The molecule has 0 saturated carbocycles. The van der Waals surface area contributed by atoms with Gasteiger partial charge in [-0.2, -0.15) is 5.10 Å². The summed E-state index contributed by atoms with van der Waals surface area (Å²) >= 11 is 6.07. The van der Waals surface area contributed by atoms with Crippen LogP contribution in [0.2, 0.25) is 5.02 Å². The van der Waals surface area contributed by atoms with Gasteiger partial charge in [-0.05, 0) is 56.0 Å². The molecule has 1 N–H and O–H groups in total. The van der Waals surface area contributed by atoms with Gasteiger partial charge in [-0.3, -0.25) is 9.67 Å². The highest BCUT2D eigenvalue weighted by molar-refractivity contribution is 7.89. The van der Waals surface area contributed by atoms with Crippen LogP contribution in [0.5, 0.6) is 5.75 Å². The lowest BCUT2D eigenvalue weighted by Crippen LogP contribution is -2.28. The Morgan fingerprint density at radius 2 is 1.93 bits per heavy atom. The van der Waals surface area contributed by atoms with E-state index in [0.717, 1.165) is 36.9 Å². The van der Waals surface area contributed by atoms with Crippen LogP contribution in [-0.4, -0.2) is 36.8 Å². The Morgan fingerprint density at radius 1 is 1.17 bits per heavy atom. The first kappa shape index (κ1) is 20.8. The minimum atomic E-state index is -3.68. The Morgan fingerprint density at radius 3 is 2.67 bits per heavy atom. The maximum absolute atomic E-state index is 12.6. The Labute approximate surface area is 181 Å². The molecule has 1 aromatic carbocycles. The van der Waals surface area contributed by atoms with E-state index < -0.39 is 10.0 Å². The third kappa shape index (κ3) is 4.21. The molecule has 4 rings (SSSR count). The van der Waals surface area contributed by atoms with Gasteiger partial charge in [0.2, 0.25) is 10.0 Å². The van der Waals surface area contributed by atoms with E-state index in [2.05, 4.69) is 9.71 Å². The predicted octanol–water partition coefficient (Wildman–Crippen LogP) is 3.46. The fourth-order valence-corrected chi connectivity index (χ4v) is 5.15. The number of aromatic nitrogens is 3. The van der Waals surface area contributed by atoms with E-state index in [-0.39, 0.29) is 16.5 Å². The molecule has 1 aliphatic carbocycles. The zero-order valence-corrected chi connectivity index (χ0v) is 18.2. The van der Waals surface area contributed by atoms with Crippen molar-refractivity contribution in [3.05, 3.63) is 59.0 Å². The zero-order chi connectivity index (χ0) is 21.1. The molecule has 0 atom stereocenters. The van der Waals surface area contributed by atoms with Crippen molar-refractivity contribution < 1.29 is 13.2 Å². The summed E-state index contributed by atoms with van der Waals surface area (Å²) in [5, 5.41) is 5.06. The summed E-state index contributed by atoms with van der Waals surface area (Å²) in [4.78, 5) is 4.19. The maximum Gasteiger partial charge on any atom is 0.240 e. The molecule has 0 saturated heterocycles. The van der Waals surface area contributed by atoms with Crippen LogP contribution in [0.4, 0.5) is 0 Å². The van der Waals surface area contributed by atoms with Crippen LogP contribution >= 0.6 is 11.6 Å². The number of methoxy groups -OCH3 is 1. The molecule has 2 heterocycles. The summed E-state index contributed by atoms with van der Waals surface area (Å²) in [6.07, 6.45) is 7.72. The number of hydrogen-bond donors (Lipinski definition) is 1. The fraction of sp³-hybridized carbons (Fsp3) is 0.333. The Hall–Kier alpha value is -2.42. The van der Waals surface area contributed by atoms with Crippen molar-refractivity contribution >= 4 is 21.6 Å². The normalized spacial score (nSPS) is 13.8. The van der Waals surface area contributed by atoms with E-state index in [1.807, 2.05) is 16.8 Å². The topological polar surface area (TPSA) is 86.1 Å². The lowest BCUT2D eigenvalue weighted by atomic mass is 9.94. The molecule has 7 nitrogen and oxygen atoms in total. The first-order valence-corrected chi connectivity index (χ1v) is 11.7. The molecule has 158 valence electrons. The number of nitrogens with zero attached hydrogens (tertiary/aromatic N) is 3. The van der Waals surface area contributed by atoms with Gasteiger partial charge in [0.05, 0.1) is 29.3 Å². The lowest BCUT2D eigenvalue weighted by Gasteiger charge is -2.15. The summed E-state index contributed by atoms with van der Waals surface area (Å²) in [5.41, 5.74) is 4.46. The van der Waals surface area contributed by atoms with Gasteiger partial charge in [-0.1, -0.05) is 11.6 Å². The second kappa shape index (κ2) is 8.75. The van der Waals surface area contributed by atoms with Gasteiger partial charge in [0, 0.05) is 35.8 Å². The molecule has 30 heavy (non-hydrogen) atoms. The SMILES string of the molecule is COc1ccc(S(=O)(=O)NCCn2nc(-c3ccncc3)c3c2CCCC3)cc1Cl. The lowest BCUT2D eigenvalue weighted by molar-refractivity contribution is 0.414. The number of sulfonamides is 1. The first-order chi connectivity index (χ1) is 14.5. The summed E-state index contributed by atoms with van der Waals surface area (Å²) in [7, 11) is -2.20. The number of hydrogen-bond acceptors (Lipinski definition) is 5. The Kier molecular flexibility index (Phi) is 6.08. The molecule has 0 radical (unpaired) electrons. The van der Waals surface area contributed by atoms with E-state index in [4.69, 9.17) is 21.4 Å². The van der Waals surface area contributed by atoms with Crippen LogP contribution in [0.15, 0.2) is 47.6 Å². The van der Waals surface area contributed by atoms with Crippen molar-refractivity contribution in [3.63, 3.8) is 0 Å². The molecule has 0 spiro atoms. The van der Waals surface area contributed by atoms with Gasteiger partial charge in [-0.15, -0.1) is 0 Å². The van der Waals surface area contributed by atoms with Crippen LogP contribution < -0.4 is 9.46 Å². The summed E-state index contributed by atoms with van der Waals surface area (Å²) < 4.78 is 35.0. The van der Waals surface area contributed by atoms with E-state index in [1.54, 1.807) is 18.5 Å². The van der Waals surface area contributed by atoms with Crippen LogP contribution in [0.3, 0.4) is 0 Å². The molecule has 2 aromatic heterocycles. The molecule has 0 amide bonds. The summed E-state index contributed by atoms with van der Waals surface area (Å²) in [5.74, 6) is 0.433. The van der Waals surface area contributed by atoms with Crippen molar-refractivity contribution in [2.75, 3.05) is 13.7 Å². The van der Waals surface area contributed by atoms with Crippen molar-refractivity contribution in [2.24, 2.45) is 0 Å². The number of ether oxygens (including phenoxy) is 1. The van der Waals surface area contributed by atoms with Gasteiger partial charge in [-0.25, -0.2) is 13.1 Å². The monoisotopic (exact) mass is 446 g/mol. The van der Waals surface area contributed by atoms with Gasteiger partial charge >= 0.3 is 0 Å².